The zero-order chi connectivity index (χ0) is 55.1. The number of carbonyl (C=O) groups is 11. The first kappa shape index (κ1) is 60.8. The maximum absolute atomic E-state index is 14.3. The molecule has 3 rings (SSSR count). The van der Waals surface area contributed by atoms with Crippen LogP contribution in [0.3, 0.4) is 0 Å². The molecule has 9 amide bonds. The second-order valence-electron chi connectivity index (χ2n) is 18.2. The van der Waals surface area contributed by atoms with Crippen LogP contribution in [-0.2, 0) is 65.6 Å². The highest BCUT2D eigenvalue weighted by Crippen LogP contribution is 2.20. The maximum atomic E-state index is 14.3. The number of aliphatic carboxylic acids is 2. The van der Waals surface area contributed by atoms with Crippen LogP contribution < -0.4 is 54.4 Å². The van der Waals surface area contributed by atoms with Crippen LogP contribution >= 0.6 is 0 Å². The number of rotatable bonds is 31. The molecule has 0 saturated carbocycles. The number of benzene rings is 2. The number of hydrogen-bond donors (Lipinski definition) is 13. The maximum Gasteiger partial charge on any atom is 0.328 e. The van der Waals surface area contributed by atoms with Crippen molar-refractivity contribution < 1.29 is 68.1 Å². The fourth-order valence-corrected chi connectivity index (χ4v) is 8.01. The van der Waals surface area contributed by atoms with E-state index in [1.807, 2.05) is 0 Å². The van der Waals surface area contributed by atoms with Crippen LogP contribution in [0, 0.1) is 5.92 Å². The lowest BCUT2D eigenvalue weighted by atomic mass is 9.96. The van der Waals surface area contributed by atoms with E-state index < -0.39 is 145 Å². The second-order valence-corrected chi connectivity index (χ2v) is 18.2. The van der Waals surface area contributed by atoms with Gasteiger partial charge in [-0.15, -0.1) is 0 Å². The molecule has 0 spiro atoms. The lowest BCUT2D eigenvalue weighted by Gasteiger charge is -2.30. The van der Waals surface area contributed by atoms with Crippen LogP contribution in [0.15, 0.2) is 60.7 Å². The monoisotopic (exact) mass is 1040 g/mol. The Hall–Kier alpha value is -7.51. The third kappa shape index (κ3) is 19.8. The van der Waals surface area contributed by atoms with Gasteiger partial charge in [0.05, 0.1) is 31.5 Å². The van der Waals surface area contributed by atoms with Crippen molar-refractivity contribution in [1.82, 2.24) is 42.1 Å². The number of carboxylic acid groups (broad SMARTS) is 2. The first-order valence-corrected chi connectivity index (χ1v) is 24.4. The second kappa shape index (κ2) is 30.5. The number of unbranched alkanes of at least 4 members (excludes halogenated alkanes) is 1. The molecule has 1 saturated heterocycles. The Morgan fingerprint density at radius 2 is 1.22 bits per heavy atom. The highest BCUT2D eigenvalue weighted by molar-refractivity contribution is 5.99. The van der Waals surface area contributed by atoms with E-state index in [9.17, 15) is 68.1 Å². The van der Waals surface area contributed by atoms with Crippen LogP contribution in [0.1, 0.15) is 83.3 Å². The molecule has 0 aliphatic carbocycles. The average Bonchev–Trinajstić information content (AvgIpc) is 3.85. The number of carbonyl (C=O) groups excluding carboxylic acids is 9. The Morgan fingerprint density at radius 3 is 1.76 bits per heavy atom. The lowest BCUT2D eigenvalue weighted by molar-refractivity contribution is -0.145. The van der Waals surface area contributed by atoms with Gasteiger partial charge in [-0.25, -0.2) is 4.79 Å². The minimum absolute atomic E-state index is 0.0296. The summed E-state index contributed by atoms with van der Waals surface area (Å²) in [5.41, 5.74) is 18.5. The molecular weight excluding hydrogens is 967 g/mol. The summed E-state index contributed by atoms with van der Waals surface area (Å²) in [4.78, 5) is 146. The molecule has 1 heterocycles. The van der Waals surface area contributed by atoms with Gasteiger partial charge in [-0.1, -0.05) is 80.9 Å². The summed E-state index contributed by atoms with van der Waals surface area (Å²) in [5, 5.41) is 46.0. The topological polar surface area (TPSA) is 414 Å². The Morgan fingerprint density at radius 1 is 0.676 bits per heavy atom. The largest absolute Gasteiger partial charge is 0.481 e. The Labute approximate surface area is 428 Å². The summed E-state index contributed by atoms with van der Waals surface area (Å²) >= 11 is 0. The molecule has 16 N–H and O–H groups in total. The van der Waals surface area contributed by atoms with Gasteiger partial charge in [0.2, 0.25) is 53.2 Å². The highest BCUT2D eigenvalue weighted by atomic mass is 16.4. The standard InChI is InChI=1S/C49H71N11O14/c1-4-27(2)40(47(71)59-41(28(3)61)49(73)74)58-43(67)32(18-11-12-20-50)55-44(68)33(24-37(52)62)54-38(63)26-53-46(70)36-19-13-21-60(36)48(72)35(23-30-16-9-6-10-17-30)57-45(69)34(25-39(64)65)56-42(66)31(51)22-29-14-7-5-8-15-29/h5-10,14-17,27-28,31-36,40-41,61H,4,11-13,18-26,50-51H2,1-3H3,(H2,52,62)(H,53,70)(H,54,63)(H,55,68)(H,56,66)(H,57,69)(H,58,67)(H,59,71)(H,64,65)(H,73,74)/t27-,28+,31-,32-,33-,34-,35-,36-,40-,41-/m0/s1. The number of carboxylic acids is 2. The molecule has 1 aliphatic rings. The van der Waals surface area contributed by atoms with E-state index >= 15 is 0 Å². The van der Waals surface area contributed by atoms with Crippen molar-refractivity contribution in [2.75, 3.05) is 19.6 Å². The number of hydrogen-bond acceptors (Lipinski definition) is 14. The third-order valence-electron chi connectivity index (χ3n) is 12.3. The average molecular weight is 1040 g/mol. The molecule has 10 atom stereocenters. The minimum Gasteiger partial charge on any atom is -0.481 e. The van der Waals surface area contributed by atoms with E-state index in [0.29, 0.717) is 31.2 Å². The number of primary amides is 1. The van der Waals surface area contributed by atoms with E-state index in [-0.39, 0.29) is 38.8 Å². The van der Waals surface area contributed by atoms with Gasteiger partial charge in [0.25, 0.3) is 0 Å². The van der Waals surface area contributed by atoms with Gasteiger partial charge in [0, 0.05) is 13.0 Å². The van der Waals surface area contributed by atoms with Gasteiger partial charge < -0.3 is 74.6 Å². The van der Waals surface area contributed by atoms with Crippen LogP contribution in [0.5, 0.6) is 0 Å². The van der Waals surface area contributed by atoms with Crippen molar-refractivity contribution in [2.24, 2.45) is 23.1 Å². The Bertz CT molecular complexity index is 2270. The molecule has 25 nitrogen and oxygen atoms in total. The van der Waals surface area contributed by atoms with E-state index in [1.165, 1.54) is 4.90 Å². The predicted octanol–water partition coefficient (Wildman–Crippen LogP) is -3.19. The minimum atomic E-state index is -1.70. The predicted molar refractivity (Wildman–Crippen MR) is 265 cm³/mol. The first-order valence-electron chi connectivity index (χ1n) is 24.4. The summed E-state index contributed by atoms with van der Waals surface area (Å²) < 4.78 is 0. The van der Waals surface area contributed by atoms with Gasteiger partial charge in [0.15, 0.2) is 6.04 Å². The number of nitrogens with zero attached hydrogens (tertiary/aromatic N) is 1. The van der Waals surface area contributed by atoms with E-state index in [4.69, 9.17) is 17.2 Å². The van der Waals surface area contributed by atoms with Crippen molar-refractivity contribution >= 4 is 65.1 Å². The molecular formula is C49H71N11O14. The van der Waals surface area contributed by atoms with Gasteiger partial charge in [-0.2, -0.15) is 0 Å². The smallest absolute Gasteiger partial charge is 0.328 e. The van der Waals surface area contributed by atoms with E-state index in [1.54, 1.807) is 74.5 Å². The quantitative estimate of drug-likeness (QED) is 0.0331. The summed E-state index contributed by atoms with van der Waals surface area (Å²) in [6.45, 7) is 3.99. The number of aliphatic hydroxyl groups excluding tert-OH is 1. The van der Waals surface area contributed by atoms with Gasteiger partial charge in [-0.3, -0.25) is 47.9 Å². The molecule has 1 fully saturated rings. The van der Waals surface area contributed by atoms with Crippen LogP contribution in [0.25, 0.3) is 0 Å². The Balaban J connectivity index is 1.76. The molecule has 0 radical (unpaired) electrons. The van der Waals surface area contributed by atoms with Crippen molar-refractivity contribution in [2.45, 2.75) is 139 Å². The molecule has 2 aromatic rings. The van der Waals surface area contributed by atoms with Crippen LogP contribution in [0.2, 0.25) is 0 Å². The molecule has 0 unspecified atom stereocenters. The van der Waals surface area contributed by atoms with E-state index in [0.717, 1.165) is 12.5 Å². The van der Waals surface area contributed by atoms with Crippen LogP contribution in [-0.4, -0.2) is 159 Å². The number of nitrogens with two attached hydrogens (primary N) is 3. The highest BCUT2D eigenvalue weighted by Gasteiger charge is 2.40. The van der Waals surface area contributed by atoms with Crippen LogP contribution in [0.4, 0.5) is 0 Å². The number of likely N-dealkylation sites (tertiary alicyclic amines) is 1. The molecule has 0 aromatic heterocycles. The van der Waals surface area contributed by atoms with Crippen molar-refractivity contribution in [3.8, 4) is 0 Å². The normalized spacial score (nSPS) is 16.7. The first-order chi connectivity index (χ1) is 35.1. The summed E-state index contributed by atoms with van der Waals surface area (Å²) in [6, 6.07) is 5.84. The summed E-state index contributed by atoms with van der Waals surface area (Å²) in [7, 11) is 0. The lowest BCUT2D eigenvalue weighted by Crippen LogP contribution is -2.60. The number of aliphatic hydroxyl groups is 1. The molecule has 25 heteroatoms. The fourth-order valence-electron chi connectivity index (χ4n) is 8.01. The van der Waals surface area contributed by atoms with Gasteiger partial charge in [-0.05, 0) is 69.0 Å². The van der Waals surface area contributed by atoms with Gasteiger partial charge >= 0.3 is 11.9 Å². The van der Waals surface area contributed by atoms with Crippen molar-refractivity contribution in [3.05, 3.63) is 71.8 Å². The zero-order valence-corrected chi connectivity index (χ0v) is 41.8. The van der Waals surface area contributed by atoms with E-state index in [2.05, 4.69) is 37.2 Å². The molecule has 1 aliphatic heterocycles. The number of amides is 9. The van der Waals surface area contributed by atoms with Gasteiger partial charge in [0.1, 0.15) is 36.3 Å². The third-order valence-corrected chi connectivity index (χ3v) is 12.3. The SMILES string of the molecule is CC[C@H](C)[C@H](NC(=O)[C@H](CCCCN)NC(=O)[C@H](CC(N)=O)NC(=O)CNC(=O)[C@@H]1CCCN1C(=O)[C@H](Cc1ccccc1)NC(=O)[C@H](CC(=O)O)NC(=O)[C@@H](N)Cc1ccccc1)C(=O)N[C@H](C(=O)O)[C@@H](C)O. The number of nitrogens with one attached hydrogen (secondary N) is 7. The summed E-state index contributed by atoms with van der Waals surface area (Å²) in [5.74, 6) is -11.7. The molecule has 74 heavy (non-hydrogen) atoms. The molecule has 2 aromatic carbocycles. The van der Waals surface area contributed by atoms with Crippen molar-refractivity contribution in [1.29, 1.82) is 0 Å². The zero-order valence-electron chi connectivity index (χ0n) is 41.8. The molecule has 0 bridgehead atoms. The summed E-state index contributed by atoms with van der Waals surface area (Å²) in [6.07, 6.45) is -1.65. The Kier molecular flexibility index (Phi) is 25.1. The fraction of sp³-hybridized carbons (Fsp3) is 0.531. The van der Waals surface area contributed by atoms with Crippen molar-refractivity contribution in [3.63, 3.8) is 0 Å². The molecule has 406 valence electrons.